The second-order valence-corrected chi connectivity index (χ2v) is 7.64. The van der Waals surface area contributed by atoms with Gasteiger partial charge in [0.2, 0.25) is 11.9 Å². The van der Waals surface area contributed by atoms with E-state index in [0.29, 0.717) is 11.6 Å². The molecule has 0 aliphatic rings. The predicted octanol–water partition coefficient (Wildman–Crippen LogP) is 4.09. The lowest BCUT2D eigenvalue weighted by atomic mass is 10.2. The van der Waals surface area contributed by atoms with Crippen molar-refractivity contribution in [1.82, 2.24) is 14.8 Å². The Morgan fingerprint density at radius 2 is 1.86 bits per heavy atom. The molecule has 28 heavy (non-hydrogen) atoms. The molecule has 0 saturated carbocycles. The second-order valence-electron chi connectivity index (χ2n) is 6.57. The smallest absolute Gasteiger partial charge is 0.247 e. The van der Waals surface area contributed by atoms with E-state index < -0.39 is 6.04 Å². The fourth-order valence-corrected chi connectivity index (χ4v) is 3.91. The number of nitrogens with one attached hydrogen (secondary N) is 1. The Bertz CT molecular complexity index is 908. The van der Waals surface area contributed by atoms with Crippen molar-refractivity contribution >= 4 is 29.3 Å². The van der Waals surface area contributed by atoms with Crippen molar-refractivity contribution in [2.75, 3.05) is 16.8 Å². The molecule has 0 aliphatic heterocycles. The molecule has 146 valence electrons. The highest BCUT2D eigenvalue weighted by Gasteiger charge is 2.25. The molecule has 3 N–H and O–H groups in total. The zero-order valence-corrected chi connectivity index (χ0v) is 16.9. The molecule has 7 heteroatoms. The molecule has 0 aliphatic carbocycles. The number of benzene rings is 2. The van der Waals surface area contributed by atoms with Crippen LogP contribution in [0.25, 0.3) is 0 Å². The van der Waals surface area contributed by atoms with E-state index >= 15 is 0 Å². The van der Waals surface area contributed by atoms with E-state index in [2.05, 4.69) is 27.6 Å². The van der Waals surface area contributed by atoms with Crippen molar-refractivity contribution < 1.29 is 4.79 Å². The molecule has 1 atom stereocenters. The minimum absolute atomic E-state index is 0.122. The van der Waals surface area contributed by atoms with Crippen LogP contribution < -0.4 is 11.1 Å². The van der Waals surface area contributed by atoms with E-state index in [4.69, 9.17) is 5.73 Å². The Hall–Kier alpha value is -2.80. The normalized spacial score (nSPS) is 11.9. The Morgan fingerprint density at radius 1 is 1.14 bits per heavy atom. The van der Waals surface area contributed by atoms with Gasteiger partial charge in [-0.25, -0.2) is 0 Å². The summed E-state index contributed by atoms with van der Waals surface area (Å²) in [6.45, 7) is 3.97. The maximum Gasteiger partial charge on any atom is 0.247 e. The Kier molecular flexibility index (Phi) is 6.71. The summed E-state index contributed by atoms with van der Waals surface area (Å²) in [6.07, 6.45) is 1.50. The molecule has 3 aromatic rings. The van der Waals surface area contributed by atoms with Crippen LogP contribution in [-0.4, -0.2) is 26.4 Å². The molecule has 1 aromatic heterocycles. The molecule has 0 bridgehead atoms. The first-order chi connectivity index (χ1) is 13.6. The lowest BCUT2D eigenvalue weighted by Crippen LogP contribution is -2.27. The number of anilines is 2. The number of rotatable bonds is 8. The predicted molar refractivity (Wildman–Crippen MR) is 114 cm³/mol. The van der Waals surface area contributed by atoms with Gasteiger partial charge >= 0.3 is 0 Å². The highest BCUT2D eigenvalue weighted by atomic mass is 32.2. The maximum absolute atomic E-state index is 12.9. The largest absolute Gasteiger partial charge is 0.368 e. The van der Waals surface area contributed by atoms with E-state index in [1.165, 1.54) is 5.56 Å². The molecule has 1 unspecified atom stereocenters. The quantitative estimate of drug-likeness (QED) is 0.561. The minimum atomic E-state index is -0.462. The standard InChI is InChI=1S/C21H25N5OS/c1-3-18(19(27)23-17-11-9-15(2)10-12-17)26-20(22)24-25-21(26)28-14-13-16-7-5-4-6-8-16/h4-12,18H,3,13-14H2,1-2H3,(H2,22,24)(H,23,27). The number of carbonyl (C=O) groups is 1. The van der Waals surface area contributed by atoms with Crippen molar-refractivity contribution in [2.45, 2.75) is 37.9 Å². The fourth-order valence-electron chi connectivity index (χ4n) is 2.93. The highest BCUT2D eigenvalue weighted by molar-refractivity contribution is 7.99. The molecular weight excluding hydrogens is 370 g/mol. The van der Waals surface area contributed by atoms with Gasteiger partial charge in [-0.3, -0.25) is 9.36 Å². The molecule has 2 aromatic carbocycles. The monoisotopic (exact) mass is 395 g/mol. The number of hydrogen-bond acceptors (Lipinski definition) is 5. The van der Waals surface area contributed by atoms with Gasteiger partial charge < -0.3 is 11.1 Å². The van der Waals surface area contributed by atoms with E-state index in [9.17, 15) is 4.79 Å². The molecule has 0 fully saturated rings. The van der Waals surface area contributed by atoms with Gasteiger partial charge in [-0.05, 0) is 37.5 Å². The summed E-state index contributed by atoms with van der Waals surface area (Å²) in [5.74, 6) is 0.967. The van der Waals surface area contributed by atoms with Gasteiger partial charge in [0, 0.05) is 11.4 Å². The molecule has 1 amide bonds. The van der Waals surface area contributed by atoms with Crippen LogP contribution in [0.3, 0.4) is 0 Å². The SMILES string of the molecule is CCC(C(=O)Nc1ccc(C)cc1)n1c(N)nnc1SCCc1ccccc1. The molecule has 1 heterocycles. The van der Waals surface area contributed by atoms with Gasteiger partial charge in [-0.15, -0.1) is 10.2 Å². The number of thioether (sulfide) groups is 1. The molecular formula is C21H25N5OS. The van der Waals surface area contributed by atoms with Gasteiger partial charge in [0.05, 0.1) is 0 Å². The lowest BCUT2D eigenvalue weighted by molar-refractivity contribution is -0.119. The first kappa shape index (κ1) is 19.9. The summed E-state index contributed by atoms with van der Waals surface area (Å²) in [5.41, 5.74) is 9.22. The zero-order chi connectivity index (χ0) is 19.9. The molecule has 3 rings (SSSR count). The van der Waals surface area contributed by atoms with E-state index in [1.807, 2.05) is 56.3 Å². The van der Waals surface area contributed by atoms with Gasteiger partial charge in [0.25, 0.3) is 0 Å². The van der Waals surface area contributed by atoms with Gasteiger partial charge in [0.15, 0.2) is 5.16 Å². The van der Waals surface area contributed by atoms with Crippen molar-refractivity contribution in [3.8, 4) is 0 Å². The maximum atomic E-state index is 12.9. The van der Waals surface area contributed by atoms with Crippen molar-refractivity contribution in [3.05, 3.63) is 65.7 Å². The van der Waals surface area contributed by atoms with E-state index in [1.54, 1.807) is 16.3 Å². The Balaban J connectivity index is 1.70. The van der Waals surface area contributed by atoms with E-state index in [0.717, 1.165) is 23.4 Å². The van der Waals surface area contributed by atoms with Crippen LogP contribution in [0.2, 0.25) is 0 Å². The van der Waals surface area contributed by atoms with Crippen LogP contribution in [0.4, 0.5) is 11.6 Å². The summed E-state index contributed by atoms with van der Waals surface area (Å²) in [4.78, 5) is 12.9. The zero-order valence-electron chi connectivity index (χ0n) is 16.1. The average molecular weight is 396 g/mol. The molecule has 0 saturated heterocycles. The Morgan fingerprint density at radius 3 is 2.54 bits per heavy atom. The summed E-state index contributed by atoms with van der Waals surface area (Å²) in [6, 6.07) is 17.5. The number of nitrogens with two attached hydrogens (primary N) is 1. The van der Waals surface area contributed by atoms with Crippen molar-refractivity contribution in [1.29, 1.82) is 0 Å². The van der Waals surface area contributed by atoms with Crippen LogP contribution >= 0.6 is 11.8 Å². The second kappa shape index (κ2) is 9.41. The van der Waals surface area contributed by atoms with Crippen molar-refractivity contribution in [2.24, 2.45) is 0 Å². The first-order valence-electron chi connectivity index (χ1n) is 9.33. The van der Waals surface area contributed by atoms with Gasteiger partial charge in [-0.1, -0.05) is 66.7 Å². The van der Waals surface area contributed by atoms with Crippen LogP contribution in [0.1, 0.15) is 30.5 Å². The van der Waals surface area contributed by atoms with E-state index in [-0.39, 0.29) is 11.9 Å². The summed E-state index contributed by atoms with van der Waals surface area (Å²) in [7, 11) is 0. The number of aryl methyl sites for hydroxylation is 2. The summed E-state index contributed by atoms with van der Waals surface area (Å²) >= 11 is 1.56. The Labute approximate surface area is 169 Å². The number of amides is 1. The average Bonchev–Trinajstić information content (AvgIpc) is 3.06. The topological polar surface area (TPSA) is 85.8 Å². The van der Waals surface area contributed by atoms with Crippen LogP contribution in [-0.2, 0) is 11.2 Å². The van der Waals surface area contributed by atoms with Gasteiger partial charge in [-0.2, -0.15) is 0 Å². The lowest BCUT2D eigenvalue weighted by Gasteiger charge is -2.19. The molecule has 0 spiro atoms. The third-order valence-electron chi connectivity index (χ3n) is 4.48. The third-order valence-corrected chi connectivity index (χ3v) is 5.42. The number of aromatic nitrogens is 3. The molecule has 0 radical (unpaired) electrons. The number of nitrogens with zero attached hydrogens (tertiary/aromatic N) is 3. The number of nitrogen functional groups attached to an aromatic ring is 1. The van der Waals surface area contributed by atoms with Crippen LogP contribution in [0.15, 0.2) is 59.8 Å². The summed E-state index contributed by atoms with van der Waals surface area (Å²) in [5, 5.41) is 11.8. The minimum Gasteiger partial charge on any atom is -0.368 e. The van der Waals surface area contributed by atoms with Crippen LogP contribution in [0.5, 0.6) is 0 Å². The van der Waals surface area contributed by atoms with Crippen molar-refractivity contribution in [3.63, 3.8) is 0 Å². The number of carbonyl (C=O) groups excluding carboxylic acids is 1. The van der Waals surface area contributed by atoms with Gasteiger partial charge in [0.1, 0.15) is 6.04 Å². The highest BCUT2D eigenvalue weighted by Crippen LogP contribution is 2.26. The van der Waals surface area contributed by atoms with Crippen LogP contribution in [0, 0.1) is 6.92 Å². The summed E-state index contributed by atoms with van der Waals surface area (Å²) < 4.78 is 1.74. The fraction of sp³-hybridized carbons (Fsp3) is 0.286. The molecule has 6 nitrogen and oxygen atoms in total. The first-order valence-corrected chi connectivity index (χ1v) is 10.3. The number of hydrogen-bond donors (Lipinski definition) is 2. The third kappa shape index (κ3) is 4.92.